The molecule has 1 atom stereocenters. The predicted molar refractivity (Wildman–Crippen MR) is 125 cm³/mol. The van der Waals surface area contributed by atoms with E-state index in [1.165, 1.54) is 0 Å². The van der Waals surface area contributed by atoms with Crippen molar-refractivity contribution in [1.29, 1.82) is 0 Å². The molecule has 5 rings (SSSR count). The van der Waals surface area contributed by atoms with Crippen LogP contribution in [0, 0.1) is 0 Å². The van der Waals surface area contributed by atoms with Crippen LogP contribution >= 0.6 is 0 Å². The van der Waals surface area contributed by atoms with E-state index in [9.17, 15) is 9.59 Å². The van der Waals surface area contributed by atoms with Gasteiger partial charge < -0.3 is 9.72 Å². The highest BCUT2D eigenvalue weighted by molar-refractivity contribution is 5.72. The minimum atomic E-state index is -0.601. The molecule has 1 aliphatic heterocycles. The number of cyclic esters (lactones) is 1. The second kappa shape index (κ2) is 8.46. The van der Waals surface area contributed by atoms with E-state index in [0.29, 0.717) is 5.82 Å². The number of ether oxygens (including phenoxy) is 1. The second-order valence-electron chi connectivity index (χ2n) is 9.44. The van der Waals surface area contributed by atoms with E-state index < -0.39 is 5.60 Å². The Morgan fingerprint density at radius 1 is 1.00 bits per heavy atom. The number of hydrogen-bond donors (Lipinski definition) is 1. The van der Waals surface area contributed by atoms with Crippen LogP contribution in [0.25, 0.3) is 11.4 Å². The summed E-state index contributed by atoms with van der Waals surface area (Å²) in [5.74, 6) is 0.729. The summed E-state index contributed by atoms with van der Waals surface area (Å²) >= 11 is 0. The number of rotatable bonds is 4. The molecule has 0 unspecified atom stereocenters. The molecule has 1 N–H and O–H groups in total. The lowest BCUT2D eigenvalue weighted by molar-refractivity contribution is 0.0664. The molecule has 2 aromatic heterocycles. The highest BCUT2D eigenvalue weighted by Gasteiger charge is 2.51. The SMILES string of the molecule is CC1(C)OC(=O)N([C@H]2CC[C@H](c3cc(-c4ncccn4)c[nH]c3=O)CC2)[C@H]1c1ccccc1. The molecule has 0 bridgehead atoms. The molecular formula is C26H28N4O3. The Labute approximate surface area is 192 Å². The third kappa shape index (κ3) is 4.03. The monoisotopic (exact) mass is 444 g/mol. The molecule has 2 fully saturated rings. The lowest BCUT2D eigenvalue weighted by atomic mass is 9.80. The number of aromatic amines is 1. The molecule has 1 amide bonds. The Morgan fingerprint density at radius 3 is 2.39 bits per heavy atom. The summed E-state index contributed by atoms with van der Waals surface area (Å²) in [6.07, 6.45) is 8.11. The first-order valence-corrected chi connectivity index (χ1v) is 11.5. The number of carbonyl (C=O) groups is 1. The summed E-state index contributed by atoms with van der Waals surface area (Å²) < 4.78 is 5.79. The first kappa shape index (κ1) is 21.4. The van der Waals surface area contributed by atoms with E-state index in [-0.39, 0.29) is 29.7 Å². The van der Waals surface area contributed by atoms with Crippen molar-refractivity contribution in [2.24, 2.45) is 0 Å². The summed E-state index contributed by atoms with van der Waals surface area (Å²) in [6.45, 7) is 3.95. The number of benzene rings is 1. The first-order chi connectivity index (χ1) is 15.9. The quantitative estimate of drug-likeness (QED) is 0.623. The van der Waals surface area contributed by atoms with Crippen LogP contribution < -0.4 is 5.56 Å². The van der Waals surface area contributed by atoms with Crippen molar-refractivity contribution in [3.8, 4) is 11.4 Å². The molecule has 0 radical (unpaired) electrons. The van der Waals surface area contributed by atoms with E-state index in [0.717, 1.165) is 42.4 Å². The Hall–Kier alpha value is -3.48. The van der Waals surface area contributed by atoms with Crippen molar-refractivity contribution < 1.29 is 9.53 Å². The number of aromatic nitrogens is 3. The van der Waals surface area contributed by atoms with E-state index >= 15 is 0 Å². The topological polar surface area (TPSA) is 88.2 Å². The van der Waals surface area contributed by atoms with Crippen molar-refractivity contribution in [1.82, 2.24) is 19.9 Å². The van der Waals surface area contributed by atoms with Gasteiger partial charge in [-0.2, -0.15) is 0 Å². The van der Waals surface area contributed by atoms with Gasteiger partial charge >= 0.3 is 6.09 Å². The lowest BCUT2D eigenvalue weighted by Crippen LogP contribution is -2.42. The number of amides is 1. The molecule has 1 saturated carbocycles. The summed E-state index contributed by atoms with van der Waals surface area (Å²) in [6, 6.07) is 13.7. The molecule has 2 aliphatic rings. The van der Waals surface area contributed by atoms with E-state index in [1.54, 1.807) is 24.7 Å². The average Bonchev–Trinajstić information content (AvgIpc) is 3.08. The van der Waals surface area contributed by atoms with Gasteiger partial charge in [-0.3, -0.25) is 9.69 Å². The van der Waals surface area contributed by atoms with Crippen LogP contribution in [0.15, 0.2) is 65.8 Å². The summed E-state index contributed by atoms with van der Waals surface area (Å²) in [5, 5.41) is 0. The van der Waals surface area contributed by atoms with Crippen LogP contribution in [0.1, 0.15) is 62.6 Å². The largest absolute Gasteiger partial charge is 0.441 e. The van der Waals surface area contributed by atoms with Gasteiger partial charge in [-0.05, 0) is 63.1 Å². The molecule has 7 heteroatoms. The third-order valence-electron chi connectivity index (χ3n) is 6.90. The summed E-state index contributed by atoms with van der Waals surface area (Å²) in [5.41, 5.74) is 1.99. The van der Waals surface area contributed by atoms with Gasteiger partial charge in [0.25, 0.3) is 5.56 Å². The van der Waals surface area contributed by atoms with Crippen LogP contribution in [-0.4, -0.2) is 37.6 Å². The first-order valence-electron chi connectivity index (χ1n) is 11.5. The van der Waals surface area contributed by atoms with Crippen LogP contribution in [-0.2, 0) is 4.74 Å². The fourth-order valence-corrected chi connectivity index (χ4v) is 5.38. The van der Waals surface area contributed by atoms with Crippen LogP contribution in [0.2, 0.25) is 0 Å². The van der Waals surface area contributed by atoms with Crippen molar-refractivity contribution in [2.45, 2.75) is 63.1 Å². The predicted octanol–water partition coefficient (Wildman–Crippen LogP) is 4.83. The number of H-pyrrole nitrogens is 1. The molecule has 1 aromatic carbocycles. The second-order valence-corrected chi connectivity index (χ2v) is 9.44. The zero-order valence-corrected chi connectivity index (χ0v) is 18.9. The Kier molecular flexibility index (Phi) is 5.48. The normalized spacial score (nSPS) is 24.5. The zero-order chi connectivity index (χ0) is 23.0. The van der Waals surface area contributed by atoms with Gasteiger partial charge in [0.15, 0.2) is 5.82 Å². The molecule has 0 spiro atoms. The van der Waals surface area contributed by atoms with Crippen LogP contribution in [0.5, 0.6) is 0 Å². The molecule has 3 aromatic rings. The fourth-order valence-electron chi connectivity index (χ4n) is 5.38. The van der Waals surface area contributed by atoms with E-state index in [2.05, 4.69) is 27.1 Å². The van der Waals surface area contributed by atoms with Gasteiger partial charge in [0.1, 0.15) is 5.60 Å². The Morgan fingerprint density at radius 2 is 1.70 bits per heavy atom. The number of hydrogen-bond acceptors (Lipinski definition) is 5. The zero-order valence-electron chi connectivity index (χ0n) is 18.9. The lowest BCUT2D eigenvalue weighted by Gasteiger charge is -2.38. The number of carbonyl (C=O) groups excluding carboxylic acids is 1. The van der Waals surface area contributed by atoms with Crippen molar-refractivity contribution in [3.63, 3.8) is 0 Å². The molecule has 3 heterocycles. The highest BCUT2D eigenvalue weighted by Crippen LogP contribution is 2.45. The smallest absolute Gasteiger partial charge is 0.411 e. The van der Waals surface area contributed by atoms with Crippen LogP contribution in [0.3, 0.4) is 0 Å². The average molecular weight is 445 g/mol. The minimum Gasteiger partial charge on any atom is -0.441 e. The van der Waals surface area contributed by atoms with Gasteiger partial charge in [-0.15, -0.1) is 0 Å². The maximum Gasteiger partial charge on any atom is 0.411 e. The number of nitrogens with one attached hydrogen (secondary N) is 1. The minimum absolute atomic E-state index is 0.0676. The third-order valence-corrected chi connectivity index (χ3v) is 6.90. The van der Waals surface area contributed by atoms with Crippen molar-refractivity contribution >= 4 is 6.09 Å². The number of nitrogens with zero attached hydrogens (tertiary/aromatic N) is 3. The van der Waals surface area contributed by atoms with Gasteiger partial charge in [0.2, 0.25) is 0 Å². The van der Waals surface area contributed by atoms with Gasteiger partial charge in [-0.25, -0.2) is 14.8 Å². The molecular weight excluding hydrogens is 416 g/mol. The molecule has 1 aliphatic carbocycles. The molecule has 33 heavy (non-hydrogen) atoms. The molecule has 170 valence electrons. The highest BCUT2D eigenvalue weighted by atomic mass is 16.6. The maximum atomic E-state index is 12.9. The van der Waals surface area contributed by atoms with Gasteiger partial charge in [0, 0.05) is 35.8 Å². The number of pyridine rings is 1. The van der Waals surface area contributed by atoms with E-state index in [4.69, 9.17) is 4.74 Å². The Bertz CT molecular complexity index is 1180. The standard InChI is InChI=1S/C26H28N4O3/c1-26(2)22(18-7-4-3-5-8-18)30(25(32)33-26)20-11-9-17(10-12-20)21-15-19(16-29-24(21)31)23-27-13-6-14-28-23/h3-8,13-17,20,22H,9-12H2,1-2H3,(H,29,31)/t17-,20-,22-/m0/s1. The summed E-state index contributed by atoms with van der Waals surface area (Å²) in [7, 11) is 0. The molecule has 1 saturated heterocycles. The van der Waals surface area contributed by atoms with Crippen molar-refractivity contribution in [3.05, 3.63) is 82.5 Å². The van der Waals surface area contributed by atoms with E-state index in [1.807, 2.05) is 43.0 Å². The fraction of sp³-hybridized carbons (Fsp3) is 0.385. The Balaban J connectivity index is 1.36. The van der Waals surface area contributed by atoms with Gasteiger partial charge in [0.05, 0.1) is 6.04 Å². The van der Waals surface area contributed by atoms with Gasteiger partial charge in [-0.1, -0.05) is 30.3 Å². The summed E-state index contributed by atoms with van der Waals surface area (Å²) in [4.78, 5) is 38.9. The van der Waals surface area contributed by atoms with Crippen LogP contribution in [0.4, 0.5) is 4.79 Å². The maximum absolute atomic E-state index is 12.9. The van der Waals surface area contributed by atoms with Crippen molar-refractivity contribution in [2.75, 3.05) is 0 Å². The molecule has 7 nitrogen and oxygen atoms in total.